The van der Waals surface area contributed by atoms with Gasteiger partial charge < -0.3 is 5.73 Å². The number of ketones is 1. The second-order valence-corrected chi connectivity index (χ2v) is 5.32. The van der Waals surface area contributed by atoms with E-state index in [0.29, 0.717) is 18.9 Å². The third kappa shape index (κ3) is 1.90. The van der Waals surface area contributed by atoms with E-state index in [-0.39, 0.29) is 11.2 Å². The fourth-order valence-electron chi connectivity index (χ4n) is 2.16. The number of nitrogens with two attached hydrogens (primary N) is 1. The van der Waals surface area contributed by atoms with Crippen molar-refractivity contribution < 1.29 is 4.79 Å². The quantitative estimate of drug-likeness (QED) is 0.840. The Labute approximate surface area is 96.8 Å². The number of benzene rings is 1. The van der Waals surface area contributed by atoms with Crippen LogP contribution in [0.4, 0.5) is 0 Å². The topological polar surface area (TPSA) is 43.1 Å². The molecule has 2 rings (SSSR count). The Kier molecular flexibility index (Phi) is 2.85. The summed E-state index contributed by atoms with van der Waals surface area (Å²) < 4.78 is 0. The average molecular weight is 217 g/mol. The second kappa shape index (κ2) is 4.02. The molecular formula is C14H19NO. The first-order chi connectivity index (χ1) is 7.54. The standard InChI is InChI=1S/C14H19NO/c1-14(2,9-15)13(16)8-11-7-10-5-3-4-6-12(10)11/h3-6,11H,7-9,15H2,1-2H3. The molecule has 0 spiro atoms. The molecule has 1 atom stereocenters. The van der Waals surface area contributed by atoms with E-state index >= 15 is 0 Å². The predicted octanol–water partition coefficient (Wildman–Crippen LogP) is 2.27. The molecule has 86 valence electrons. The summed E-state index contributed by atoms with van der Waals surface area (Å²) in [6, 6.07) is 8.38. The highest BCUT2D eigenvalue weighted by molar-refractivity contribution is 5.85. The second-order valence-electron chi connectivity index (χ2n) is 5.32. The lowest BCUT2D eigenvalue weighted by atomic mass is 9.72. The summed E-state index contributed by atoms with van der Waals surface area (Å²) in [6.45, 7) is 4.29. The highest BCUT2D eigenvalue weighted by Gasteiger charge is 2.32. The summed E-state index contributed by atoms with van der Waals surface area (Å²) in [5, 5.41) is 0. The zero-order chi connectivity index (χ0) is 11.8. The van der Waals surface area contributed by atoms with Crippen molar-refractivity contribution in [3.8, 4) is 0 Å². The van der Waals surface area contributed by atoms with Crippen molar-refractivity contribution in [2.45, 2.75) is 32.6 Å². The number of rotatable bonds is 4. The summed E-state index contributed by atoms with van der Waals surface area (Å²) >= 11 is 0. The average Bonchev–Trinajstić information content (AvgIpc) is 2.25. The van der Waals surface area contributed by atoms with Crippen molar-refractivity contribution in [1.82, 2.24) is 0 Å². The van der Waals surface area contributed by atoms with E-state index in [0.717, 1.165) is 6.42 Å². The summed E-state index contributed by atoms with van der Waals surface area (Å²) in [4.78, 5) is 12.0. The van der Waals surface area contributed by atoms with Gasteiger partial charge in [-0.3, -0.25) is 4.79 Å². The van der Waals surface area contributed by atoms with Crippen LogP contribution >= 0.6 is 0 Å². The third-order valence-corrected chi connectivity index (χ3v) is 3.66. The molecule has 2 heteroatoms. The number of Topliss-reactive ketones (excluding diaryl/α,β-unsaturated/α-hetero) is 1. The van der Waals surface area contributed by atoms with E-state index in [1.807, 2.05) is 19.9 Å². The van der Waals surface area contributed by atoms with Crippen LogP contribution in [-0.2, 0) is 11.2 Å². The van der Waals surface area contributed by atoms with Crippen LogP contribution in [0.15, 0.2) is 24.3 Å². The minimum absolute atomic E-state index is 0.287. The van der Waals surface area contributed by atoms with E-state index in [4.69, 9.17) is 5.73 Å². The molecule has 0 bridgehead atoms. The molecule has 2 nitrogen and oxygen atoms in total. The molecule has 0 fully saturated rings. The van der Waals surface area contributed by atoms with Gasteiger partial charge in [0, 0.05) is 18.4 Å². The lowest BCUT2D eigenvalue weighted by Crippen LogP contribution is -2.35. The molecule has 0 radical (unpaired) electrons. The van der Waals surface area contributed by atoms with Crippen LogP contribution < -0.4 is 5.73 Å². The monoisotopic (exact) mass is 217 g/mol. The summed E-state index contributed by atoms with van der Waals surface area (Å²) in [5.41, 5.74) is 7.99. The SMILES string of the molecule is CC(C)(CN)C(=O)CC1Cc2ccccc21. The number of hydrogen-bond acceptors (Lipinski definition) is 2. The molecule has 1 unspecified atom stereocenters. The lowest BCUT2D eigenvalue weighted by molar-refractivity contribution is -0.127. The van der Waals surface area contributed by atoms with E-state index < -0.39 is 0 Å². The molecule has 0 aromatic heterocycles. The van der Waals surface area contributed by atoms with Crippen LogP contribution in [0.25, 0.3) is 0 Å². The van der Waals surface area contributed by atoms with Gasteiger partial charge in [0.1, 0.15) is 5.78 Å². The van der Waals surface area contributed by atoms with Gasteiger partial charge in [0.15, 0.2) is 0 Å². The predicted molar refractivity (Wildman–Crippen MR) is 65.3 cm³/mol. The van der Waals surface area contributed by atoms with Gasteiger partial charge in [0.05, 0.1) is 0 Å². The molecule has 2 N–H and O–H groups in total. The van der Waals surface area contributed by atoms with Crippen molar-refractivity contribution in [1.29, 1.82) is 0 Å². The maximum absolute atomic E-state index is 12.0. The van der Waals surface area contributed by atoms with Crippen molar-refractivity contribution in [3.05, 3.63) is 35.4 Å². The van der Waals surface area contributed by atoms with E-state index in [1.54, 1.807) is 0 Å². The number of hydrogen-bond donors (Lipinski definition) is 1. The summed E-state index contributed by atoms with van der Waals surface area (Å²) in [7, 11) is 0. The minimum atomic E-state index is -0.371. The molecule has 1 aliphatic rings. The lowest BCUT2D eigenvalue weighted by Gasteiger charge is -2.32. The fraction of sp³-hybridized carbons (Fsp3) is 0.500. The smallest absolute Gasteiger partial charge is 0.140 e. The van der Waals surface area contributed by atoms with Crippen molar-refractivity contribution in [2.75, 3.05) is 6.54 Å². The highest BCUT2D eigenvalue weighted by Crippen LogP contribution is 2.38. The Morgan fingerprint density at radius 2 is 2.12 bits per heavy atom. The third-order valence-electron chi connectivity index (χ3n) is 3.66. The Morgan fingerprint density at radius 1 is 1.44 bits per heavy atom. The Hall–Kier alpha value is -1.15. The zero-order valence-electron chi connectivity index (χ0n) is 9.99. The number of carbonyl (C=O) groups excluding carboxylic acids is 1. The molecule has 1 aromatic carbocycles. The van der Waals surface area contributed by atoms with Gasteiger partial charge in [-0.15, -0.1) is 0 Å². The van der Waals surface area contributed by atoms with Crippen LogP contribution in [-0.4, -0.2) is 12.3 Å². The molecule has 0 amide bonds. The number of fused-ring (bicyclic) bond motifs is 1. The molecule has 1 aliphatic carbocycles. The molecular weight excluding hydrogens is 198 g/mol. The van der Waals surface area contributed by atoms with Crippen LogP contribution in [0, 0.1) is 5.41 Å². The van der Waals surface area contributed by atoms with Crippen molar-refractivity contribution >= 4 is 5.78 Å². The summed E-state index contributed by atoms with van der Waals surface area (Å²) in [5.74, 6) is 0.712. The Balaban J connectivity index is 2.02. The van der Waals surface area contributed by atoms with Crippen LogP contribution in [0.5, 0.6) is 0 Å². The van der Waals surface area contributed by atoms with E-state index in [2.05, 4.69) is 18.2 Å². The molecule has 0 saturated carbocycles. The van der Waals surface area contributed by atoms with E-state index in [9.17, 15) is 4.79 Å². The van der Waals surface area contributed by atoms with Gasteiger partial charge in [0.25, 0.3) is 0 Å². The Bertz CT molecular complexity index is 409. The minimum Gasteiger partial charge on any atom is -0.329 e. The first kappa shape index (κ1) is 11.3. The van der Waals surface area contributed by atoms with Crippen LogP contribution in [0.2, 0.25) is 0 Å². The first-order valence-electron chi connectivity index (χ1n) is 5.86. The molecule has 0 aliphatic heterocycles. The van der Waals surface area contributed by atoms with Gasteiger partial charge in [-0.2, -0.15) is 0 Å². The van der Waals surface area contributed by atoms with Gasteiger partial charge in [-0.05, 0) is 23.5 Å². The zero-order valence-corrected chi connectivity index (χ0v) is 9.99. The highest BCUT2D eigenvalue weighted by atomic mass is 16.1. The maximum atomic E-state index is 12.0. The van der Waals surface area contributed by atoms with Crippen LogP contribution in [0.3, 0.4) is 0 Å². The molecule has 0 saturated heterocycles. The van der Waals surface area contributed by atoms with Gasteiger partial charge in [-0.25, -0.2) is 0 Å². The van der Waals surface area contributed by atoms with Gasteiger partial charge >= 0.3 is 0 Å². The largest absolute Gasteiger partial charge is 0.329 e. The normalized spacial score (nSPS) is 18.8. The summed E-state index contributed by atoms with van der Waals surface area (Å²) in [6.07, 6.45) is 1.68. The van der Waals surface area contributed by atoms with E-state index in [1.165, 1.54) is 11.1 Å². The number of carbonyl (C=O) groups is 1. The van der Waals surface area contributed by atoms with Gasteiger partial charge in [-0.1, -0.05) is 38.1 Å². The molecule has 1 aromatic rings. The van der Waals surface area contributed by atoms with Crippen molar-refractivity contribution in [3.63, 3.8) is 0 Å². The fourth-order valence-corrected chi connectivity index (χ4v) is 2.16. The first-order valence-corrected chi connectivity index (χ1v) is 5.86. The van der Waals surface area contributed by atoms with Gasteiger partial charge in [0.2, 0.25) is 0 Å². The molecule has 0 heterocycles. The Morgan fingerprint density at radius 3 is 2.75 bits per heavy atom. The van der Waals surface area contributed by atoms with Crippen LogP contribution in [0.1, 0.15) is 37.3 Å². The van der Waals surface area contributed by atoms with Crippen molar-refractivity contribution in [2.24, 2.45) is 11.1 Å². The molecule has 16 heavy (non-hydrogen) atoms. The maximum Gasteiger partial charge on any atom is 0.140 e.